The number of nitrogens with one attached hydrogen (secondary N) is 3. The van der Waals surface area contributed by atoms with Gasteiger partial charge in [-0.15, -0.1) is 0 Å². The smallest absolute Gasteiger partial charge is 0.338 e. The maximum Gasteiger partial charge on any atom is 0.338 e. The summed E-state index contributed by atoms with van der Waals surface area (Å²) in [6, 6.07) is 16.1. The lowest BCUT2D eigenvalue weighted by Crippen LogP contribution is -2.45. The van der Waals surface area contributed by atoms with Crippen molar-refractivity contribution < 1.29 is 28.2 Å². The fraction of sp³-hybridized carbons (Fsp3) is 0.200. The summed E-state index contributed by atoms with van der Waals surface area (Å²) >= 11 is 10.9. The molecule has 43 heavy (non-hydrogen) atoms. The van der Waals surface area contributed by atoms with Gasteiger partial charge in [-0.25, -0.2) is 14.6 Å². The van der Waals surface area contributed by atoms with Crippen molar-refractivity contribution in [2.75, 3.05) is 13.2 Å². The minimum Gasteiger partial charge on any atom is -0.487 e. The fourth-order valence-corrected chi connectivity index (χ4v) is 6.15. The Hall–Kier alpha value is -3.56. The number of rotatable bonds is 11. The van der Waals surface area contributed by atoms with E-state index in [1.807, 2.05) is 6.07 Å². The highest BCUT2D eigenvalue weighted by Gasteiger charge is 2.32. The lowest BCUT2D eigenvalue weighted by Gasteiger charge is -2.30. The van der Waals surface area contributed by atoms with E-state index < -0.39 is 17.9 Å². The molecule has 0 bridgehead atoms. The normalized spacial score (nSPS) is 14.6. The Morgan fingerprint density at radius 2 is 1.91 bits per heavy atom. The van der Waals surface area contributed by atoms with Gasteiger partial charge >= 0.3 is 5.97 Å². The van der Waals surface area contributed by atoms with Crippen LogP contribution in [-0.4, -0.2) is 36.4 Å². The molecule has 0 radical (unpaired) electrons. The Morgan fingerprint density at radius 3 is 2.65 bits per heavy atom. The largest absolute Gasteiger partial charge is 0.487 e. The first-order valence-electron chi connectivity index (χ1n) is 13.0. The number of hydrogen-bond acceptors (Lipinski definition) is 7. The van der Waals surface area contributed by atoms with E-state index >= 15 is 0 Å². The summed E-state index contributed by atoms with van der Waals surface area (Å²) in [5.74, 6) is -0.368. The molecule has 1 amide bonds. The number of esters is 1. The van der Waals surface area contributed by atoms with Crippen LogP contribution in [0.15, 0.2) is 81.5 Å². The number of carbonyl (C=O) groups excluding carboxylic acids is 2. The van der Waals surface area contributed by atoms with Gasteiger partial charge in [-0.05, 0) is 84.6 Å². The van der Waals surface area contributed by atoms with E-state index in [0.717, 1.165) is 13.6 Å². The average molecular weight is 781 g/mol. The van der Waals surface area contributed by atoms with E-state index in [0.29, 0.717) is 39.0 Å². The molecule has 1 heterocycles. The van der Waals surface area contributed by atoms with Crippen LogP contribution in [0.2, 0.25) is 0 Å². The number of hydrogen-bond donors (Lipinski definition) is 3. The van der Waals surface area contributed by atoms with E-state index in [1.165, 1.54) is 18.3 Å². The number of benzene rings is 3. The fourth-order valence-electron chi connectivity index (χ4n) is 4.17. The van der Waals surface area contributed by atoms with Crippen LogP contribution in [0, 0.1) is 9.39 Å². The van der Waals surface area contributed by atoms with E-state index in [1.54, 1.807) is 56.3 Å². The van der Waals surface area contributed by atoms with E-state index in [9.17, 15) is 14.0 Å². The standard InChI is InChI=1S/C30H27BrFIN4O5S/c1-3-40-29(39)26-17(2)35-30(43)36-27(26)22-6-4-5-7-24(22)41-16-25(38)37-34-14-19-12-20(31)13-23(33)28(19)42-15-18-8-10-21(32)11-9-18/h4-14,27H,3,15-16H2,1-2H3,(H,37,38)(H2,35,36,43)/t27-/m0/s1. The van der Waals surface area contributed by atoms with Gasteiger partial charge in [0.15, 0.2) is 11.7 Å². The van der Waals surface area contributed by atoms with Gasteiger partial charge in [0.05, 0.1) is 28.0 Å². The number of nitrogens with zero attached hydrogens (tertiary/aromatic N) is 1. The second-order valence-electron chi connectivity index (χ2n) is 9.13. The van der Waals surface area contributed by atoms with Gasteiger partial charge in [0.2, 0.25) is 0 Å². The van der Waals surface area contributed by atoms with Crippen molar-refractivity contribution in [2.45, 2.75) is 26.5 Å². The molecule has 3 N–H and O–H groups in total. The number of amides is 1. The Bertz CT molecular complexity index is 1590. The third kappa shape index (κ3) is 8.74. The van der Waals surface area contributed by atoms with Crippen molar-refractivity contribution in [3.8, 4) is 11.5 Å². The Balaban J connectivity index is 1.43. The molecule has 0 saturated heterocycles. The second kappa shape index (κ2) is 15.3. The molecule has 0 spiro atoms. The van der Waals surface area contributed by atoms with Gasteiger partial charge in [0.25, 0.3) is 5.91 Å². The third-order valence-corrected chi connectivity index (χ3v) is 7.56. The molecule has 3 aromatic carbocycles. The second-order valence-corrected chi connectivity index (χ2v) is 11.6. The quantitative estimate of drug-likeness (QED) is 0.0753. The van der Waals surface area contributed by atoms with Gasteiger partial charge in [-0.3, -0.25) is 4.79 Å². The topological polar surface area (TPSA) is 110 Å². The first kappa shape index (κ1) is 32.4. The predicted molar refractivity (Wildman–Crippen MR) is 176 cm³/mol. The molecule has 0 fully saturated rings. The zero-order valence-corrected chi connectivity index (χ0v) is 27.6. The maximum atomic E-state index is 13.2. The Morgan fingerprint density at radius 1 is 1.16 bits per heavy atom. The van der Waals surface area contributed by atoms with Crippen LogP contribution in [0.3, 0.4) is 0 Å². The number of thiocarbonyl (C=S) groups is 1. The molecule has 3 aromatic rings. The molecule has 1 aliphatic heterocycles. The summed E-state index contributed by atoms with van der Waals surface area (Å²) in [5.41, 5.74) is 5.42. The van der Waals surface area contributed by atoms with E-state index in [2.05, 4.69) is 59.7 Å². The molecule has 0 aromatic heterocycles. The zero-order chi connectivity index (χ0) is 30.9. The Kier molecular flexibility index (Phi) is 11.5. The maximum absolute atomic E-state index is 13.2. The molecular weight excluding hydrogens is 754 g/mol. The minimum atomic E-state index is -0.641. The molecule has 0 unspecified atom stereocenters. The molecule has 4 rings (SSSR count). The van der Waals surface area contributed by atoms with Crippen molar-refractivity contribution in [1.29, 1.82) is 0 Å². The van der Waals surface area contributed by atoms with Crippen molar-refractivity contribution in [1.82, 2.24) is 16.1 Å². The van der Waals surface area contributed by atoms with Crippen molar-refractivity contribution in [3.63, 3.8) is 0 Å². The predicted octanol–water partition coefficient (Wildman–Crippen LogP) is 5.66. The van der Waals surface area contributed by atoms with E-state index in [4.69, 9.17) is 26.4 Å². The van der Waals surface area contributed by atoms with Crippen molar-refractivity contribution in [3.05, 3.63) is 102 Å². The van der Waals surface area contributed by atoms with Crippen LogP contribution in [0.1, 0.15) is 36.6 Å². The highest BCUT2D eigenvalue weighted by atomic mass is 127. The summed E-state index contributed by atoms with van der Waals surface area (Å²) in [7, 11) is 0. The number of hydrazone groups is 1. The van der Waals surface area contributed by atoms with E-state index in [-0.39, 0.29) is 25.6 Å². The van der Waals surface area contributed by atoms with Crippen LogP contribution in [-0.2, 0) is 20.9 Å². The summed E-state index contributed by atoms with van der Waals surface area (Å²) in [6.07, 6.45) is 1.47. The summed E-state index contributed by atoms with van der Waals surface area (Å²) in [4.78, 5) is 25.4. The van der Waals surface area contributed by atoms with Gasteiger partial charge in [0, 0.05) is 21.3 Å². The van der Waals surface area contributed by atoms with Gasteiger partial charge in [-0.2, -0.15) is 5.10 Å². The molecule has 0 saturated carbocycles. The highest BCUT2D eigenvalue weighted by molar-refractivity contribution is 14.1. The zero-order valence-electron chi connectivity index (χ0n) is 23.1. The summed E-state index contributed by atoms with van der Waals surface area (Å²) in [5, 5.41) is 10.5. The van der Waals surface area contributed by atoms with Gasteiger partial charge < -0.3 is 24.8 Å². The average Bonchev–Trinajstić information content (AvgIpc) is 2.96. The van der Waals surface area contributed by atoms with Crippen LogP contribution in [0.25, 0.3) is 0 Å². The van der Waals surface area contributed by atoms with Crippen LogP contribution >= 0.6 is 50.7 Å². The Labute approximate surface area is 275 Å². The third-order valence-electron chi connectivity index (χ3n) is 6.08. The SMILES string of the molecule is CCOC(=O)C1=C(C)NC(=S)N[C@H]1c1ccccc1OCC(=O)NN=Cc1cc(Br)cc(I)c1OCc1ccc(F)cc1. The first-order valence-corrected chi connectivity index (χ1v) is 15.3. The molecule has 13 heteroatoms. The molecule has 9 nitrogen and oxygen atoms in total. The van der Waals surface area contributed by atoms with Crippen LogP contribution in [0.5, 0.6) is 11.5 Å². The monoisotopic (exact) mass is 780 g/mol. The van der Waals surface area contributed by atoms with Gasteiger partial charge in [0.1, 0.15) is 23.9 Å². The van der Waals surface area contributed by atoms with Crippen LogP contribution < -0.4 is 25.5 Å². The van der Waals surface area contributed by atoms with Crippen molar-refractivity contribution in [2.24, 2.45) is 5.10 Å². The lowest BCUT2D eigenvalue weighted by molar-refractivity contribution is -0.139. The number of ether oxygens (including phenoxy) is 3. The minimum absolute atomic E-state index is 0.215. The molecule has 1 atom stereocenters. The molecule has 224 valence electrons. The number of para-hydroxylation sites is 1. The number of allylic oxidation sites excluding steroid dienone is 1. The number of halogens is 3. The first-order chi connectivity index (χ1) is 20.7. The summed E-state index contributed by atoms with van der Waals surface area (Å²) < 4.78 is 32.0. The number of carbonyl (C=O) groups is 2. The molecular formula is C30H27BrFIN4O5S. The van der Waals surface area contributed by atoms with Crippen molar-refractivity contribution >= 4 is 73.9 Å². The highest BCUT2D eigenvalue weighted by Crippen LogP contribution is 2.34. The van der Waals surface area contributed by atoms with Crippen LogP contribution in [0.4, 0.5) is 4.39 Å². The lowest BCUT2D eigenvalue weighted by atomic mass is 9.95. The molecule has 0 aliphatic carbocycles. The molecule has 1 aliphatic rings. The summed E-state index contributed by atoms with van der Waals surface area (Å²) in [6.45, 7) is 3.57. The van der Waals surface area contributed by atoms with Gasteiger partial charge in [-0.1, -0.05) is 46.3 Å².